The van der Waals surface area contributed by atoms with E-state index in [0.717, 1.165) is 0 Å². The second-order valence-electron chi connectivity index (χ2n) is 4.30. The molecule has 1 aromatic heterocycles. The zero-order valence-electron chi connectivity index (χ0n) is 11.0. The summed E-state index contributed by atoms with van der Waals surface area (Å²) in [6.45, 7) is 3.44. The molecule has 0 fully saturated rings. The van der Waals surface area contributed by atoms with Crippen LogP contribution in [-0.4, -0.2) is 40.1 Å². The van der Waals surface area contributed by atoms with Crippen molar-refractivity contribution in [2.75, 3.05) is 12.4 Å². The number of aromatic amines is 1. The van der Waals surface area contributed by atoms with E-state index in [-0.39, 0.29) is 23.8 Å². The summed E-state index contributed by atoms with van der Waals surface area (Å²) < 4.78 is 0. The van der Waals surface area contributed by atoms with Crippen molar-refractivity contribution < 1.29 is 14.7 Å². The van der Waals surface area contributed by atoms with Gasteiger partial charge < -0.3 is 20.3 Å². The zero-order valence-corrected chi connectivity index (χ0v) is 11.0. The van der Waals surface area contributed by atoms with E-state index in [0.29, 0.717) is 5.69 Å². The maximum Gasteiger partial charge on any atom is 0.354 e. The molecule has 1 rings (SSSR count). The third-order valence-corrected chi connectivity index (χ3v) is 2.78. The molecule has 1 atom stereocenters. The smallest absolute Gasteiger partial charge is 0.354 e. The predicted octanol–water partition coefficient (Wildman–Crippen LogP) is 1.79. The van der Waals surface area contributed by atoms with Crippen molar-refractivity contribution in [3.8, 4) is 6.07 Å². The van der Waals surface area contributed by atoms with Gasteiger partial charge in [0.2, 0.25) is 0 Å². The molecule has 0 aromatic carbocycles. The van der Waals surface area contributed by atoms with Crippen LogP contribution in [0.5, 0.6) is 0 Å². The molecule has 0 aliphatic carbocycles. The van der Waals surface area contributed by atoms with Crippen molar-refractivity contribution in [1.82, 2.24) is 9.88 Å². The minimum Gasteiger partial charge on any atom is -0.477 e. The average Bonchev–Trinajstić information content (AvgIpc) is 2.69. The van der Waals surface area contributed by atoms with Crippen LogP contribution in [0.4, 0.5) is 10.5 Å². The highest BCUT2D eigenvalue weighted by Crippen LogP contribution is 2.17. The number of carbonyl (C=O) groups is 2. The van der Waals surface area contributed by atoms with Crippen LogP contribution < -0.4 is 5.32 Å². The van der Waals surface area contributed by atoms with E-state index >= 15 is 0 Å². The number of carboxylic acids is 1. The second-order valence-corrected chi connectivity index (χ2v) is 4.30. The largest absolute Gasteiger partial charge is 0.477 e. The summed E-state index contributed by atoms with van der Waals surface area (Å²) >= 11 is 0. The topological polar surface area (TPSA) is 109 Å². The molecule has 19 heavy (non-hydrogen) atoms. The molecule has 0 aliphatic heterocycles. The number of anilines is 1. The normalized spacial score (nSPS) is 11.5. The van der Waals surface area contributed by atoms with Crippen LogP contribution in [0.25, 0.3) is 0 Å². The molecule has 102 valence electrons. The number of aryl methyl sites for hydroxylation is 1. The van der Waals surface area contributed by atoms with Crippen LogP contribution >= 0.6 is 0 Å². The molecule has 1 aromatic rings. The van der Waals surface area contributed by atoms with Gasteiger partial charge in [0, 0.05) is 18.8 Å². The van der Waals surface area contributed by atoms with E-state index in [1.165, 1.54) is 4.90 Å². The standard InChI is InChI=1S/C12H16N4O3/c1-7-6-9(10(14-7)11(17)18)15-12(19)16(3)8(2)4-5-13/h6,8,14H,4H2,1-3H3,(H,15,19)(H,17,18). The fourth-order valence-electron chi connectivity index (χ4n) is 1.53. The van der Waals surface area contributed by atoms with E-state index in [1.807, 2.05) is 6.07 Å². The van der Waals surface area contributed by atoms with Crippen molar-refractivity contribution in [3.63, 3.8) is 0 Å². The van der Waals surface area contributed by atoms with Crippen molar-refractivity contribution in [3.05, 3.63) is 17.5 Å². The maximum atomic E-state index is 11.9. The van der Waals surface area contributed by atoms with Crippen LogP contribution in [0.3, 0.4) is 0 Å². The fourth-order valence-corrected chi connectivity index (χ4v) is 1.53. The molecule has 0 aliphatic rings. The summed E-state index contributed by atoms with van der Waals surface area (Å²) in [5, 5.41) is 20.1. The molecular weight excluding hydrogens is 248 g/mol. The van der Waals surface area contributed by atoms with Gasteiger partial charge in [-0.1, -0.05) is 0 Å². The van der Waals surface area contributed by atoms with Gasteiger partial charge in [0.15, 0.2) is 0 Å². The highest BCUT2D eigenvalue weighted by Gasteiger charge is 2.19. The fraction of sp³-hybridized carbons (Fsp3) is 0.417. The lowest BCUT2D eigenvalue weighted by Crippen LogP contribution is -2.38. The van der Waals surface area contributed by atoms with Gasteiger partial charge in [-0.05, 0) is 19.9 Å². The quantitative estimate of drug-likeness (QED) is 0.770. The van der Waals surface area contributed by atoms with Gasteiger partial charge >= 0.3 is 12.0 Å². The van der Waals surface area contributed by atoms with Gasteiger partial charge in [-0.25, -0.2) is 9.59 Å². The Kier molecular flexibility index (Phi) is 4.53. The number of amides is 2. The monoisotopic (exact) mass is 264 g/mol. The number of aromatic nitrogens is 1. The lowest BCUT2D eigenvalue weighted by molar-refractivity contribution is 0.0692. The number of carbonyl (C=O) groups excluding carboxylic acids is 1. The summed E-state index contributed by atoms with van der Waals surface area (Å²) in [4.78, 5) is 26.9. The van der Waals surface area contributed by atoms with Crippen LogP contribution in [0, 0.1) is 18.3 Å². The van der Waals surface area contributed by atoms with Crippen molar-refractivity contribution in [2.45, 2.75) is 26.3 Å². The van der Waals surface area contributed by atoms with Crippen LogP contribution in [0.2, 0.25) is 0 Å². The SMILES string of the molecule is Cc1cc(NC(=O)N(C)C(C)CC#N)c(C(=O)O)[nH]1. The number of urea groups is 1. The number of carboxylic acid groups (broad SMARTS) is 1. The average molecular weight is 264 g/mol. The number of rotatable bonds is 4. The van der Waals surface area contributed by atoms with Crippen LogP contribution in [-0.2, 0) is 0 Å². The summed E-state index contributed by atoms with van der Waals surface area (Å²) in [5.41, 5.74) is 0.790. The molecule has 0 radical (unpaired) electrons. The van der Waals surface area contributed by atoms with E-state index in [9.17, 15) is 9.59 Å². The maximum absolute atomic E-state index is 11.9. The number of nitrogens with one attached hydrogen (secondary N) is 2. The Hall–Kier alpha value is -2.49. The predicted molar refractivity (Wildman–Crippen MR) is 69.0 cm³/mol. The van der Waals surface area contributed by atoms with E-state index in [2.05, 4.69) is 10.3 Å². The zero-order chi connectivity index (χ0) is 14.6. The van der Waals surface area contributed by atoms with E-state index in [1.54, 1.807) is 27.0 Å². The number of nitrogens with zero attached hydrogens (tertiary/aromatic N) is 2. The Morgan fingerprint density at radius 1 is 1.63 bits per heavy atom. The molecule has 0 saturated heterocycles. The van der Waals surface area contributed by atoms with E-state index < -0.39 is 12.0 Å². The Morgan fingerprint density at radius 2 is 2.26 bits per heavy atom. The summed E-state index contributed by atoms with van der Waals surface area (Å²) in [5.74, 6) is -1.14. The number of hydrogen-bond donors (Lipinski definition) is 3. The number of hydrogen-bond acceptors (Lipinski definition) is 3. The first-order chi connectivity index (χ1) is 8.86. The van der Waals surface area contributed by atoms with Crippen LogP contribution in [0.15, 0.2) is 6.07 Å². The first-order valence-corrected chi connectivity index (χ1v) is 5.70. The van der Waals surface area contributed by atoms with Gasteiger partial charge in [0.25, 0.3) is 0 Å². The molecule has 1 heterocycles. The van der Waals surface area contributed by atoms with Gasteiger partial charge in [-0.15, -0.1) is 0 Å². The second kappa shape index (κ2) is 5.91. The Balaban J connectivity index is 2.83. The molecule has 0 saturated carbocycles. The summed E-state index contributed by atoms with van der Waals surface area (Å²) in [6, 6.07) is 2.82. The number of H-pyrrole nitrogens is 1. The number of nitriles is 1. The highest BCUT2D eigenvalue weighted by molar-refractivity contribution is 5.99. The first kappa shape index (κ1) is 14.6. The molecular formula is C12H16N4O3. The minimum absolute atomic E-state index is 0.0628. The molecule has 7 nitrogen and oxygen atoms in total. The molecule has 1 unspecified atom stereocenters. The molecule has 2 amide bonds. The van der Waals surface area contributed by atoms with Crippen molar-refractivity contribution in [1.29, 1.82) is 5.26 Å². The molecule has 3 N–H and O–H groups in total. The Bertz CT molecular complexity index is 530. The third kappa shape index (κ3) is 3.48. The van der Waals surface area contributed by atoms with Gasteiger partial charge in [-0.3, -0.25) is 0 Å². The molecule has 0 bridgehead atoms. The van der Waals surface area contributed by atoms with Gasteiger partial charge in [0.05, 0.1) is 18.2 Å². The van der Waals surface area contributed by atoms with Crippen molar-refractivity contribution in [2.24, 2.45) is 0 Å². The minimum atomic E-state index is -1.14. The molecule has 0 spiro atoms. The Morgan fingerprint density at radius 3 is 2.79 bits per heavy atom. The lowest BCUT2D eigenvalue weighted by Gasteiger charge is -2.23. The molecule has 7 heteroatoms. The van der Waals surface area contributed by atoms with Crippen molar-refractivity contribution >= 4 is 17.7 Å². The van der Waals surface area contributed by atoms with Crippen LogP contribution in [0.1, 0.15) is 29.5 Å². The van der Waals surface area contributed by atoms with E-state index in [4.69, 9.17) is 10.4 Å². The summed E-state index contributed by atoms with van der Waals surface area (Å²) in [6.07, 6.45) is 0.210. The van der Waals surface area contributed by atoms with Gasteiger partial charge in [-0.2, -0.15) is 5.26 Å². The van der Waals surface area contributed by atoms with Gasteiger partial charge in [0.1, 0.15) is 5.69 Å². The lowest BCUT2D eigenvalue weighted by atomic mass is 10.2. The highest BCUT2D eigenvalue weighted by atomic mass is 16.4. The number of aromatic carboxylic acids is 1. The summed E-state index contributed by atoms with van der Waals surface area (Å²) in [7, 11) is 1.55. The third-order valence-electron chi connectivity index (χ3n) is 2.78. The Labute approximate surface area is 110 Å². The first-order valence-electron chi connectivity index (χ1n) is 5.70.